The van der Waals surface area contributed by atoms with E-state index in [0.29, 0.717) is 11.6 Å². The summed E-state index contributed by atoms with van der Waals surface area (Å²) in [6.45, 7) is 17.6. The number of rotatable bonds is 7. The number of hydrogen-bond acceptors (Lipinski definition) is 3. The quantitative estimate of drug-likeness (QED) is 0.489. The Morgan fingerprint density at radius 1 is 0.857 bits per heavy atom. The van der Waals surface area contributed by atoms with E-state index >= 15 is 0 Å². The van der Waals surface area contributed by atoms with Crippen molar-refractivity contribution in [1.29, 1.82) is 0 Å². The molecule has 0 aromatic heterocycles. The maximum absolute atomic E-state index is 13.8. The maximum atomic E-state index is 13.8. The molecular formula is C29H43F2N3O. The van der Waals surface area contributed by atoms with Gasteiger partial charge < -0.3 is 15.5 Å². The molecule has 1 aliphatic heterocycles. The number of amides is 1. The first-order valence-electron chi connectivity index (χ1n) is 12.7. The molecule has 1 aliphatic rings. The zero-order chi connectivity index (χ0) is 26.4. The Bertz CT molecular complexity index is 965. The SMILES string of the molecule is CC.CC(C)(C(=O)NC(C)(C)C(C)(C)NC1CCN(c2ccccc2)CC1)c1ccc(F)c(F)c1. The van der Waals surface area contributed by atoms with Crippen molar-refractivity contribution in [3.63, 3.8) is 0 Å². The lowest BCUT2D eigenvalue weighted by atomic mass is 9.78. The predicted octanol–water partition coefficient (Wildman–Crippen LogP) is 6.20. The minimum Gasteiger partial charge on any atom is -0.371 e. The highest BCUT2D eigenvalue weighted by Crippen LogP contribution is 2.30. The molecule has 1 amide bonds. The van der Waals surface area contributed by atoms with E-state index in [1.807, 2.05) is 33.8 Å². The highest BCUT2D eigenvalue weighted by atomic mass is 19.2. The van der Waals surface area contributed by atoms with Crippen molar-refractivity contribution >= 4 is 11.6 Å². The number of anilines is 1. The van der Waals surface area contributed by atoms with Crippen LogP contribution in [0.5, 0.6) is 0 Å². The van der Waals surface area contributed by atoms with Crippen LogP contribution in [0.2, 0.25) is 0 Å². The van der Waals surface area contributed by atoms with E-state index < -0.39 is 28.1 Å². The van der Waals surface area contributed by atoms with Crippen molar-refractivity contribution in [1.82, 2.24) is 10.6 Å². The van der Waals surface area contributed by atoms with Crippen molar-refractivity contribution in [3.8, 4) is 0 Å². The number of nitrogens with zero attached hydrogens (tertiary/aromatic N) is 1. The van der Waals surface area contributed by atoms with Gasteiger partial charge in [-0.1, -0.05) is 38.1 Å². The first-order valence-corrected chi connectivity index (χ1v) is 12.7. The Kier molecular flexibility index (Phi) is 9.46. The van der Waals surface area contributed by atoms with Gasteiger partial charge in [0.05, 0.1) is 11.0 Å². The second kappa shape index (κ2) is 11.5. The van der Waals surface area contributed by atoms with Gasteiger partial charge in [-0.25, -0.2) is 8.78 Å². The first kappa shape index (κ1) is 28.8. The summed E-state index contributed by atoms with van der Waals surface area (Å²) in [5, 5.41) is 6.94. The predicted molar refractivity (Wildman–Crippen MR) is 142 cm³/mol. The molecule has 1 fully saturated rings. The van der Waals surface area contributed by atoms with E-state index in [2.05, 4.69) is 53.6 Å². The van der Waals surface area contributed by atoms with Crippen LogP contribution in [0.3, 0.4) is 0 Å². The zero-order valence-corrected chi connectivity index (χ0v) is 22.6. The Morgan fingerprint density at radius 2 is 1.43 bits per heavy atom. The summed E-state index contributed by atoms with van der Waals surface area (Å²) in [7, 11) is 0. The van der Waals surface area contributed by atoms with Crippen LogP contribution >= 0.6 is 0 Å². The summed E-state index contributed by atoms with van der Waals surface area (Å²) >= 11 is 0. The molecule has 0 saturated carbocycles. The van der Waals surface area contributed by atoms with Gasteiger partial charge in [0.1, 0.15) is 0 Å². The molecule has 2 aromatic rings. The molecule has 2 aromatic carbocycles. The second-order valence-electron chi connectivity index (χ2n) is 10.7. The van der Waals surface area contributed by atoms with Crippen molar-refractivity contribution in [3.05, 3.63) is 65.7 Å². The number of carbonyl (C=O) groups excluding carboxylic acids is 1. The molecule has 194 valence electrons. The summed E-state index contributed by atoms with van der Waals surface area (Å²) < 4.78 is 27.1. The first-order chi connectivity index (χ1) is 16.3. The molecular weight excluding hydrogens is 444 g/mol. The Morgan fingerprint density at radius 3 is 1.97 bits per heavy atom. The number of nitrogens with one attached hydrogen (secondary N) is 2. The van der Waals surface area contributed by atoms with Crippen LogP contribution in [0.25, 0.3) is 0 Å². The number of piperidine rings is 1. The van der Waals surface area contributed by atoms with Crippen LogP contribution < -0.4 is 15.5 Å². The summed E-state index contributed by atoms with van der Waals surface area (Å²) in [5.74, 6) is -2.09. The van der Waals surface area contributed by atoms with Gasteiger partial charge in [0, 0.05) is 30.4 Å². The van der Waals surface area contributed by atoms with E-state index in [9.17, 15) is 13.6 Å². The number of halogens is 2. The molecule has 1 saturated heterocycles. The summed E-state index contributed by atoms with van der Waals surface area (Å²) in [4.78, 5) is 15.7. The van der Waals surface area contributed by atoms with Gasteiger partial charge in [-0.2, -0.15) is 0 Å². The minimum atomic E-state index is -1.01. The number of benzene rings is 2. The van der Waals surface area contributed by atoms with Gasteiger partial charge in [0.25, 0.3) is 0 Å². The van der Waals surface area contributed by atoms with E-state index in [-0.39, 0.29) is 5.91 Å². The molecule has 0 unspecified atom stereocenters. The van der Waals surface area contributed by atoms with Crippen molar-refractivity contribution < 1.29 is 13.6 Å². The van der Waals surface area contributed by atoms with Crippen LogP contribution in [0.1, 0.15) is 73.8 Å². The fourth-order valence-electron chi connectivity index (χ4n) is 4.22. The molecule has 4 nitrogen and oxygen atoms in total. The fourth-order valence-corrected chi connectivity index (χ4v) is 4.22. The molecule has 0 atom stereocenters. The highest BCUT2D eigenvalue weighted by molar-refractivity contribution is 5.88. The van der Waals surface area contributed by atoms with Crippen molar-refractivity contribution in [2.45, 2.75) is 90.8 Å². The lowest BCUT2D eigenvalue weighted by Gasteiger charge is -2.47. The molecule has 3 rings (SSSR count). The second-order valence-corrected chi connectivity index (χ2v) is 10.7. The highest BCUT2D eigenvalue weighted by Gasteiger charge is 2.43. The topological polar surface area (TPSA) is 44.4 Å². The standard InChI is InChI=1S/C27H37F2N3O.C2H6/c1-25(2,19-12-13-22(28)23(29)18-19)24(33)31-27(5,6)26(3,4)30-20-14-16-32(17-15-20)21-10-8-7-9-11-21;1-2/h7-13,18,20,30H,14-17H2,1-6H3,(H,31,33);1-2H3. The molecule has 0 spiro atoms. The Balaban J connectivity index is 0.00000210. The number of carbonyl (C=O) groups is 1. The van der Waals surface area contributed by atoms with Gasteiger partial charge in [0.2, 0.25) is 5.91 Å². The van der Waals surface area contributed by atoms with Crippen molar-refractivity contribution in [2.75, 3.05) is 18.0 Å². The Hall–Kier alpha value is -2.47. The Labute approximate surface area is 210 Å². The molecule has 0 bridgehead atoms. The third kappa shape index (κ3) is 6.81. The lowest BCUT2D eigenvalue weighted by Crippen LogP contribution is -2.68. The molecule has 6 heteroatoms. The smallest absolute Gasteiger partial charge is 0.230 e. The monoisotopic (exact) mass is 487 g/mol. The summed E-state index contributed by atoms with van der Waals surface area (Å²) in [6.07, 6.45) is 2.03. The molecule has 0 aliphatic carbocycles. The zero-order valence-electron chi connectivity index (χ0n) is 22.6. The van der Waals surface area contributed by atoms with E-state index in [4.69, 9.17) is 0 Å². The van der Waals surface area contributed by atoms with Crippen LogP contribution in [-0.4, -0.2) is 36.1 Å². The largest absolute Gasteiger partial charge is 0.371 e. The van der Waals surface area contributed by atoms with E-state index in [1.54, 1.807) is 13.8 Å². The number of para-hydroxylation sites is 1. The fraction of sp³-hybridized carbons (Fsp3) is 0.552. The van der Waals surface area contributed by atoms with Gasteiger partial charge in [-0.05, 0) is 84.2 Å². The average molecular weight is 488 g/mol. The number of hydrogen-bond donors (Lipinski definition) is 2. The van der Waals surface area contributed by atoms with Gasteiger partial charge in [-0.3, -0.25) is 4.79 Å². The van der Waals surface area contributed by atoms with Crippen LogP contribution in [0.15, 0.2) is 48.5 Å². The summed E-state index contributed by atoms with van der Waals surface area (Å²) in [5.41, 5.74) is -0.304. The van der Waals surface area contributed by atoms with E-state index in [1.165, 1.54) is 11.8 Å². The van der Waals surface area contributed by atoms with Gasteiger partial charge in [0.15, 0.2) is 11.6 Å². The van der Waals surface area contributed by atoms with Crippen LogP contribution in [0, 0.1) is 11.6 Å². The molecule has 35 heavy (non-hydrogen) atoms. The molecule has 1 heterocycles. The third-order valence-corrected chi connectivity index (χ3v) is 7.38. The summed E-state index contributed by atoms with van der Waals surface area (Å²) in [6, 6.07) is 14.4. The average Bonchev–Trinajstić information content (AvgIpc) is 2.82. The third-order valence-electron chi connectivity index (χ3n) is 7.38. The molecule has 0 radical (unpaired) electrons. The van der Waals surface area contributed by atoms with Gasteiger partial charge >= 0.3 is 0 Å². The lowest BCUT2D eigenvalue weighted by molar-refractivity contribution is -0.128. The van der Waals surface area contributed by atoms with Crippen molar-refractivity contribution in [2.24, 2.45) is 0 Å². The van der Waals surface area contributed by atoms with E-state index in [0.717, 1.165) is 38.1 Å². The van der Waals surface area contributed by atoms with Gasteiger partial charge in [-0.15, -0.1) is 0 Å². The molecule has 2 N–H and O–H groups in total. The van der Waals surface area contributed by atoms with Crippen LogP contribution in [-0.2, 0) is 10.2 Å². The minimum absolute atomic E-state index is 0.229. The van der Waals surface area contributed by atoms with Crippen LogP contribution in [0.4, 0.5) is 14.5 Å². The maximum Gasteiger partial charge on any atom is 0.230 e. The normalized spacial score (nSPS) is 15.3.